The third-order valence-electron chi connectivity index (χ3n) is 3.14. The van der Waals surface area contributed by atoms with Crippen LogP contribution in [0.15, 0.2) is 42.9 Å². The van der Waals surface area contributed by atoms with E-state index in [1.807, 2.05) is 24.7 Å². The van der Waals surface area contributed by atoms with Crippen LogP contribution in [0.25, 0.3) is 32.4 Å². The van der Waals surface area contributed by atoms with E-state index < -0.39 is 0 Å². The first-order valence-electron chi connectivity index (χ1n) is 5.39. The third-order valence-corrected chi connectivity index (χ3v) is 3.14. The molecule has 0 atom stereocenters. The second-order valence-electron chi connectivity index (χ2n) is 4.04. The summed E-state index contributed by atoms with van der Waals surface area (Å²) in [6.07, 6.45) is 5.57. The van der Waals surface area contributed by atoms with Crippen LogP contribution in [0.5, 0.6) is 0 Å². The van der Waals surface area contributed by atoms with Gasteiger partial charge in [0.15, 0.2) is 0 Å². The molecule has 4 rings (SSSR count). The molecule has 0 bridgehead atoms. The molecule has 0 radical (unpaired) electrons. The fourth-order valence-corrected chi connectivity index (χ4v) is 2.31. The molecular formula is C13H8N4. The molecule has 2 aromatic carbocycles. The molecule has 0 aliphatic heterocycles. The Morgan fingerprint density at radius 3 is 2.71 bits per heavy atom. The number of H-pyrrole nitrogens is 1. The van der Waals surface area contributed by atoms with Crippen molar-refractivity contribution >= 4 is 32.4 Å². The summed E-state index contributed by atoms with van der Waals surface area (Å²) in [7, 11) is 0. The van der Waals surface area contributed by atoms with Crippen molar-refractivity contribution in [2.24, 2.45) is 0 Å². The van der Waals surface area contributed by atoms with Gasteiger partial charge in [-0.15, -0.1) is 0 Å². The number of rotatable bonds is 0. The van der Waals surface area contributed by atoms with E-state index in [0.29, 0.717) is 0 Å². The van der Waals surface area contributed by atoms with Gasteiger partial charge in [-0.25, -0.2) is 0 Å². The van der Waals surface area contributed by atoms with Crippen molar-refractivity contribution in [1.82, 2.24) is 20.4 Å². The quantitative estimate of drug-likeness (QED) is 0.463. The van der Waals surface area contributed by atoms with Crippen LogP contribution >= 0.6 is 0 Å². The standard InChI is InChI=1S/C13H8N4/c1-2-10-9(11-6-15-14-5-8(1)11)3-4-13-12(10)7-16-17-13/h1-7,14H. The van der Waals surface area contributed by atoms with Gasteiger partial charge in [0.1, 0.15) is 0 Å². The number of aromatic nitrogens is 4. The van der Waals surface area contributed by atoms with Gasteiger partial charge in [-0.1, -0.05) is 18.2 Å². The summed E-state index contributed by atoms with van der Waals surface area (Å²) in [6.45, 7) is 0. The van der Waals surface area contributed by atoms with Crippen LogP contribution in [0, 0.1) is 0 Å². The zero-order valence-electron chi connectivity index (χ0n) is 8.88. The fraction of sp³-hybridized carbons (Fsp3) is 0. The van der Waals surface area contributed by atoms with Crippen molar-refractivity contribution in [1.29, 1.82) is 0 Å². The molecule has 2 heterocycles. The minimum atomic E-state index is 0.937. The fourth-order valence-electron chi connectivity index (χ4n) is 2.31. The minimum absolute atomic E-state index is 0.937. The highest BCUT2D eigenvalue weighted by Gasteiger charge is 2.05. The summed E-state index contributed by atoms with van der Waals surface area (Å²) in [4.78, 5) is 0. The van der Waals surface area contributed by atoms with Crippen LogP contribution in [0.2, 0.25) is 0 Å². The number of nitrogens with zero attached hydrogens (tertiary/aromatic N) is 3. The Hall–Kier alpha value is -2.49. The second-order valence-corrected chi connectivity index (χ2v) is 4.04. The Morgan fingerprint density at radius 2 is 1.71 bits per heavy atom. The number of hydrogen-bond acceptors (Lipinski definition) is 3. The highest BCUT2D eigenvalue weighted by Crippen LogP contribution is 2.29. The molecule has 0 spiro atoms. The topological polar surface area (TPSA) is 54.5 Å². The zero-order chi connectivity index (χ0) is 11.2. The van der Waals surface area contributed by atoms with Gasteiger partial charge in [0.05, 0.1) is 17.9 Å². The smallest absolute Gasteiger partial charge is 0.0951 e. The summed E-state index contributed by atoms with van der Waals surface area (Å²) in [5, 5.41) is 20.7. The number of benzene rings is 2. The lowest BCUT2D eigenvalue weighted by Crippen LogP contribution is -1.83. The molecule has 80 valence electrons. The van der Waals surface area contributed by atoms with Gasteiger partial charge in [-0.3, -0.25) is 5.10 Å². The molecule has 1 N–H and O–H groups in total. The van der Waals surface area contributed by atoms with Gasteiger partial charge in [0, 0.05) is 22.4 Å². The van der Waals surface area contributed by atoms with Crippen LogP contribution in [0.1, 0.15) is 0 Å². The first-order valence-corrected chi connectivity index (χ1v) is 5.39. The molecule has 0 aliphatic rings. The molecule has 0 unspecified atom stereocenters. The Morgan fingerprint density at radius 1 is 0.824 bits per heavy atom. The highest BCUT2D eigenvalue weighted by atomic mass is 15.1. The average molecular weight is 220 g/mol. The highest BCUT2D eigenvalue weighted by molar-refractivity contribution is 6.16. The van der Waals surface area contributed by atoms with Gasteiger partial charge in [-0.2, -0.15) is 15.3 Å². The monoisotopic (exact) mass is 220 g/mol. The van der Waals surface area contributed by atoms with Crippen molar-refractivity contribution in [3.63, 3.8) is 0 Å². The Kier molecular flexibility index (Phi) is 1.53. The maximum absolute atomic E-state index is 4.08. The normalized spacial score (nSPS) is 11.5. The third kappa shape index (κ3) is 1.09. The van der Waals surface area contributed by atoms with E-state index in [-0.39, 0.29) is 0 Å². The van der Waals surface area contributed by atoms with Crippen molar-refractivity contribution in [2.45, 2.75) is 0 Å². The van der Waals surface area contributed by atoms with Crippen LogP contribution in [-0.2, 0) is 0 Å². The van der Waals surface area contributed by atoms with Crippen molar-refractivity contribution in [3.8, 4) is 0 Å². The first kappa shape index (κ1) is 8.64. The molecule has 0 aliphatic carbocycles. The predicted molar refractivity (Wildman–Crippen MR) is 66.7 cm³/mol. The molecule has 2 aromatic heterocycles. The van der Waals surface area contributed by atoms with Crippen LogP contribution in [-0.4, -0.2) is 20.4 Å². The van der Waals surface area contributed by atoms with Gasteiger partial charge in [0.25, 0.3) is 0 Å². The van der Waals surface area contributed by atoms with Crippen LogP contribution in [0.3, 0.4) is 0 Å². The number of hydrogen-bond donors (Lipinski definition) is 1. The minimum Gasteiger partial charge on any atom is -0.285 e. The van der Waals surface area contributed by atoms with Gasteiger partial charge in [-0.05, 0) is 16.8 Å². The van der Waals surface area contributed by atoms with E-state index in [9.17, 15) is 0 Å². The van der Waals surface area contributed by atoms with Gasteiger partial charge >= 0.3 is 0 Å². The van der Waals surface area contributed by atoms with Gasteiger partial charge in [0.2, 0.25) is 0 Å². The summed E-state index contributed by atoms with van der Waals surface area (Å²) >= 11 is 0. The lowest BCUT2D eigenvalue weighted by atomic mass is 10.0. The van der Waals surface area contributed by atoms with E-state index in [1.165, 1.54) is 10.8 Å². The molecule has 0 amide bonds. The van der Waals surface area contributed by atoms with Crippen LogP contribution < -0.4 is 0 Å². The SMILES string of the molecule is c1cc2c3cnnc3ccc2c2cn[nH]cc12. The number of fused-ring (bicyclic) bond motifs is 5. The second kappa shape index (κ2) is 3.01. The molecule has 0 fully saturated rings. The van der Waals surface area contributed by atoms with Crippen molar-refractivity contribution in [2.75, 3.05) is 0 Å². The molecule has 4 aromatic rings. The molecule has 4 heteroatoms. The lowest BCUT2D eigenvalue weighted by Gasteiger charge is -2.03. The summed E-state index contributed by atoms with van der Waals surface area (Å²) < 4.78 is 0. The van der Waals surface area contributed by atoms with Gasteiger partial charge < -0.3 is 0 Å². The van der Waals surface area contributed by atoms with E-state index in [0.717, 1.165) is 21.7 Å². The van der Waals surface area contributed by atoms with E-state index in [1.54, 1.807) is 0 Å². The predicted octanol–water partition coefficient (Wildman–Crippen LogP) is 2.66. The summed E-state index contributed by atoms with van der Waals surface area (Å²) in [6, 6.07) is 8.27. The molecule has 17 heavy (non-hydrogen) atoms. The Balaban J connectivity index is 2.34. The maximum Gasteiger partial charge on any atom is 0.0951 e. The van der Waals surface area contributed by atoms with Crippen LogP contribution in [0.4, 0.5) is 0 Å². The van der Waals surface area contributed by atoms with E-state index in [4.69, 9.17) is 0 Å². The molecule has 0 saturated carbocycles. The van der Waals surface area contributed by atoms with Crippen molar-refractivity contribution in [3.05, 3.63) is 42.9 Å². The maximum atomic E-state index is 4.08. The van der Waals surface area contributed by atoms with E-state index in [2.05, 4.69) is 38.6 Å². The van der Waals surface area contributed by atoms with E-state index >= 15 is 0 Å². The number of nitrogens with one attached hydrogen (secondary N) is 1. The molecule has 0 saturated heterocycles. The lowest BCUT2D eigenvalue weighted by molar-refractivity contribution is 1.05. The summed E-state index contributed by atoms with van der Waals surface area (Å²) in [5.41, 5.74) is 0.937. The Labute approximate surface area is 96.3 Å². The molecule has 4 nitrogen and oxygen atoms in total. The zero-order valence-corrected chi connectivity index (χ0v) is 8.88. The average Bonchev–Trinajstić information content (AvgIpc) is 2.86. The molecular weight excluding hydrogens is 212 g/mol. The first-order chi connectivity index (χ1) is 8.43. The van der Waals surface area contributed by atoms with Crippen molar-refractivity contribution < 1.29 is 0 Å². The Bertz CT molecular complexity index is 848. The number of aromatic amines is 1. The largest absolute Gasteiger partial charge is 0.285 e. The summed E-state index contributed by atoms with van der Waals surface area (Å²) in [5.74, 6) is 0.